The van der Waals surface area contributed by atoms with Gasteiger partial charge in [0.05, 0.1) is 5.69 Å². The van der Waals surface area contributed by atoms with Crippen molar-refractivity contribution in [2.45, 2.75) is 26.3 Å². The van der Waals surface area contributed by atoms with Crippen LogP contribution in [-0.2, 0) is 15.0 Å². The molecule has 1 aromatic rings. The molecule has 0 unspecified atom stereocenters. The Kier molecular flexibility index (Phi) is 4.96. The quantitative estimate of drug-likeness (QED) is 0.732. The van der Waals surface area contributed by atoms with Crippen LogP contribution in [0, 0.1) is 0 Å². The molecule has 0 atom stereocenters. The van der Waals surface area contributed by atoms with Gasteiger partial charge < -0.3 is 9.84 Å². The summed E-state index contributed by atoms with van der Waals surface area (Å²) in [5.41, 5.74) is -0.236. The molecule has 0 bridgehead atoms. The number of hydrogen-bond donors (Lipinski definition) is 3. The van der Waals surface area contributed by atoms with Crippen LogP contribution in [0.1, 0.15) is 20.8 Å². The smallest absolute Gasteiger partial charge is 0.341 e. The lowest BCUT2D eigenvalue weighted by Crippen LogP contribution is -2.43. The predicted octanol–water partition coefficient (Wildman–Crippen LogP) is 1.19. The first kappa shape index (κ1) is 16.3. The normalized spacial score (nSPS) is 11.9. The summed E-state index contributed by atoms with van der Waals surface area (Å²) in [5, 5.41) is 8.47. The largest absolute Gasteiger partial charge is 0.482 e. The molecule has 0 aliphatic rings. The zero-order valence-electron chi connectivity index (χ0n) is 11.5. The fourth-order valence-electron chi connectivity index (χ4n) is 1.35. The van der Waals surface area contributed by atoms with E-state index in [4.69, 9.17) is 9.84 Å². The van der Waals surface area contributed by atoms with E-state index in [1.165, 1.54) is 24.3 Å². The maximum absolute atomic E-state index is 11.8. The van der Waals surface area contributed by atoms with Crippen LogP contribution in [0.2, 0.25) is 0 Å². The van der Waals surface area contributed by atoms with Crippen LogP contribution in [0.3, 0.4) is 0 Å². The number of ether oxygens (including phenoxy) is 1. The van der Waals surface area contributed by atoms with Crippen LogP contribution >= 0.6 is 0 Å². The third-order valence-corrected chi connectivity index (χ3v) is 3.29. The molecule has 3 N–H and O–H groups in total. The van der Waals surface area contributed by atoms with Crippen LogP contribution in [0.25, 0.3) is 0 Å². The Morgan fingerprint density at radius 3 is 2.25 bits per heavy atom. The Hall–Kier alpha value is -1.80. The van der Waals surface area contributed by atoms with Crippen molar-refractivity contribution in [2.75, 3.05) is 11.3 Å². The van der Waals surface area contributed by atoms with Gasteiger partial charge in [-0.25, -0.2) is 4.79 Å². The molecular formula is C12H18N2O5S. The second-order valence-corrected chi connectivity index (χ2v) is 6.58. The van der Waals surface area contributed by atoms with Crippen molar-refractivity contribution in [3.63, 3.8) is 0 Å². The van der Waals surface area contributed by atoms with Crippen molar-refractivity contribution in [1.82, 2.24) is 4.72 Å². The van der Waals surface area contributed by atoms with Crippen LogP contribution in [0.5, 0.6) is 5.75 Å². The number of carboxylic acid groups (broad SMARTS) is 1. The van der Waals surface area contributed by atoms with E-state index in [1.54, 1.807) is 20.8 Å². The number of carbonyl (C=O) groups is 1. The molecule has 8 heteroatoms. The van der Waals surface area contributed by atoms with E-state index in [0.717, 1.165) is 0 Å². The fraction of sp³-hybridized carbons (Fsp3) is 0.417. The van der Waals surface area contributed by atoms with Gasteiger partial charge in [0.2, 0.25) is 0 Å². The summed E-state index contributed by atoms with van der Waals surface area (Å²) in [5.74, 6) is -0.733. The van der Waals surface area contributed by atoms with Gasteiger partial charge in [0.15, 0.2) is 6.61 Å². The average molecular weight is 302 g/mol. The summed E-state index contributed by atoms with van der Waals surface area (Å²) in [6, 6.07) is 5.94. The maximum Gasteiger partial charge on any atom is 0.341 e. The number of benzene rings is 1. The van der Waals surface area contributed by atoms with E-state index in [2.05, 4.69) is 9.44 Å². The Morgan fingerprint density at radius 1 is 1.25 bits per heavy atom. The third kappa shape index (κ3) is 6.39. The Labute approximate surface area is 118 Å². The van der Waals surface area contributed by atoms with E-state index in [-0.39, 0.29) is 0 Å². The molecule has 7 nitrogen and oxygen atoms in total. The number of aliphatic carboxylic acids is 1. The van der Waals surface area contributed by atoms with Gasteiger partial charge in [-0.3, -0.25) is 4.72 Å². The summed E-state index contributed by atoms with van der Waals surface area (Å²) in [7, 11) is -3.67. The zero-order valence-corrected chi connectivity index (χ0v) is 12.3. The minimum Gasteiger partial charge on any atom is -0.482 e. The van der Waals surface area contributed by atoms with Crippen molar-refractivity contribution in [3.8, 4) is 5.75 Å². The van der Waals surface area contributed by atoms with E-state index in [0.29, 0.717) is 11.4 Å². The number of nitrogens with one attached hydrogen (secondary N) is 2. The highest BCUT2D eigenvalue weighted by Gasteiger charge is 2.19. The standard InChI is InChI=1S/C12H18N2O5S/c1-12(2,3)14-20(17,18)13-9-4-6-10(7-5-9)19-8-11(15)16/h4-7,13-14H,8H2,1-3H3,(H,15,16). The van der Waals surface area contributed by atoms with Gasteiger partial charge in [-0.15, -0.1) is 0 Å². The molecule has 0 saturated heterocycles. The molecule has 0 saturated carbocycles. The zero-order chi connectivity index (χ0) is 15.4. The minimum absolute atomic E-state index is 0.346. The lowest BCUT2D eigenvalue weighted by atomic mass is 10.1. The van der Waals surface area contributed by atoms with E-state index >= 15 is 0 Å². The van der Waals surface area contributed by atoms with Gasteiger partial charge in [0.25, 0.3) is 10.2 Å². The molecule has 20 heavy (non-hydrogen) atoms. The summed E-state index contributed by atoms with van der Waals surface area (Å²) < 4.78 is 33.3. The van der Waals surface area contributed by atoms with Gasteiger partial charge in [-0.2, -0.15) is 13.1 Å². The number of carboxylic acids is 1. The van der Waals surface area contributed by atoms with E-state index in [9.17, 15) is 13.2 Å². The predicted molar refractivity (Wildman–Crippen MR) is 75.0 cm³/mol. The van der Waals surface area contributed by atoms with Gasteiger partial charge in [0, 0.05) is 5.54 Å². The van der Waals surface area contributed by atoms with Crippen molar-refractivity contribution in [2.24, 2.45) is 0 Å². The van der Waals surface area contributed by atoms with Crippen LogP contribution < -0.4 is 14.2 Å². The highest BCUT2D eigenvalue weighted by Crippen LogP contribution is 2.16. The molecular weight excluding hydrogens is 284 g/mol. The fourth-order valence-corrected chi connectivity index (χ4v) is 2.65. The molecule has 0 fully saturated rings. The van der Waals surface area contributed by atoms with E-state index in [1.807, 2.05) is 0 Å². The van der Waals surface area contributed by atoms with Crippen LogP contribution in [0.4, 0.5) is 5.69 Å². The topological polar surface area (TPSA) is 105 Å². The van der Waals surface area contributed by atoms with Crippen LogP contribution in [-0.4, -0.2) is 31.6 Å². The molecule has 0 aliphatic heterocycles. The van der Waals surface area contributed by atoms with Crippen molar-refractivity contribution >= 4 is 21.9 Å². The number of rotatable bonds is 6. The lowest BCUT2D eigenvalue weighted by molar-refractivity contribution is -0.139. The van der Waals surface area contributed by atoms with Gasteiger partial charge in [0.1, 0.15) is 5.75 Å². The summed E-state index contributed by atoms with van der Waals surface area (Å²) in [6.07, 6.45) is 0. The first-order valence-corrected chi connectivity index (χ1v) is 7.32. The first-order valence-electron chi connectivity index (χ1n) is 5.84. The highest BCUT2D eigenvalue weighted by molar-refractivity contribution is 7.90. The second kappa shape index (κ2) is 6.10. The average Bonchev–Trinajstić information content (AvgIpc) is 2.24. The highest BCUT2D eigenvalue weighted by atomic mass is 32.2. The van der Waals surface area contributed by atoms with Gasteiger partial charge in [-0.05, 0) is 45.0 Å². The minimum atomic E-state index is -3.67. The monoisotopic (exact) mass is 302 g/mol. The Bertz CT molecular complexity index is 561. The first-order chi connectivity index (χ1) is 9.07. The summed E-state index contributed by atoms with van der Waals surface area (Å²) >= 11 is 0. The molecule has 0 aliphatic carbocycles. The SMILES string of the molecule is CC(C)(C)NS(=O)(=O)Nc1ccc(OCC(=O)O)cc1. The second-order valence-electron chi connectivity index (χ2n) is 5.16. The Balaban J connectivity index is 2.68. The molecule has 1 aromatic carbocycles. The maximum atomic E-state index is 11.8. The molecule has 0 aromatic heterocycles. The van der Waals surface area contributed by atoms with E-state index < -0.39 is 28.3 Å². The Morgan fingerprint density at radius 2 is 1.80 bits per heavy atom. The third-order valence-electron chi connectivity index (χ3n) is 1.91. The molecule has 0 spiro atoms. The molecule has 1 rings (SSSR count). The lowest BCUT2D eigenvalue weighted by Gasteiger charge is -2.20. The summed E-state index contributed by atoms with van der Waals surface area (Å²) in [6.45, 7) is 4.75. The number of anilines is 1. The van der Waals surface area contributed by atoms with Crippen molar-refractivity contribution in [1.29, 1.82) is 0 Å². The van der Waals surface area contributed by atoms with Crippen LogP contribution in [0.15, 0.2) is 24.3 Å². The van der Waals surface area contributed by atoms with Gasteiger partial charge >= 0.3 is 5.97 Å². The summed E-state index contributed by atoms with van der Waals surface area (Å²) in [4.78, 5) is 10.3. The van der Waals surface area contributed by atoms with Crippen molar-refractivity contribution < 1.29 is 23.1 Å². The molecule has 0 amide bonds. The van der Waals surface area contributed by atoms with Crippen molar-refractivity contribution in [3.05, 3.63) is 24.3 Å². The molecule has 112 valence electrons. The van der Waals surface area contributed by atoms with Gasteiger partial charge in [-0.1, -0.05) is 0 Å². The number of hydrogen-bond acceptors (Lipinski definition) is 4. The molecule has 0 radical (unpaired) electrons. The molecule has 0 heterocycles.